The quantitative estimate of drug-likeness (QED) is 0.595. The van der Waals surface area contributed by atoms with Gasteiger partial charge in [-0.2, -0.15) is 0 Å². The summed E-state index contributed by atoms with van der Waals surface area (Å²) in [5, 5.41) is 0. The van der Waals surface area contributed by atoms with Crippen LogP contribution in [0.1, 0.15) is 5.56 Å². The molecule has 1 aromatic heterocycles. The SMILES string of the molecule is Cc1c[nH]c(OC=O)c1. The topological polar surface area (TPSA) is 42.1 Å². The maximum Gasteiger partial charge on any atom is 0.299 e. The summed E-state index contributed by atoms with van der Waals surface area (Å²) >= 11 is 0. The number of hydrogen-bond acceptors (Lipinski definition) is 2. The van der Waals surface area contributed by atoms with Crippen LogP contribution in [-0.2, 0) is 4.79 Å². The van der Waals surface area contributed by atoms with Gasteiger partial charge in [0.1, 0.15) is 0 Å². The molecule has 0 aliphatic carbocycles. The Morgan fingerprint density at radius 2 is 2.56 bits per heavy atom. The van der Waals surface area contributed by atoms with E-state index in [2.05, 4.69) is 9.72 Å². The van der Waals surface area contributed by atoms with E-state index in [0.29, 0.717) is 12.4 Å². The van der Waals surface area contributed by atoms with Gasteiger partial charge >= 0.3 is 0 Å². The van der Waals surface area contributed by atoms with Gasteiger partial charge in [0.2, 0.25) is 5.88 Å². The molecule has 0 saturated heterocycles. The van der Waals surface area contributed by atoms with E-state index in [9.17, 15) is 4.79 Å². The fraction of sp³-hybridized carbons (Fsp3) is 0.167. The minimum absolute atomic E-state index is 0.394. The smallest absolute Gasteiger partial charge is 0.299 e. The Kier molecular flexibility index (Phi) is 1.53. The zero-order chi connectivity index (χ0) is 6.69. The Labute approximate surface area is 52.6 Å². The van der Waals surface area contributed by atoms with E-state index in [1.165, 1.54) is 0 Å². The Hall–Kier alpha value is -1.25. The molecule has 0 amide bonds. The van der Waals surface area contributed by atoms with Crippen molar-refractivity contribution < 1.29 is 9.53 Å². The summed E-state index contributed by atoms with van der Waals surface area (Å²) in [6, 6.07) is 1.74. The number of aryl methyl sites for hydroxylation is 1. The van der Waals surface area contributed by atoms with Gasteiger partial charge in [-0.25, -0.2) is 0 Å². The van der Waals surface area contributed by atoms with Gasteiger partial charge in [-0.3, -0.25) is 4.79 Å². The summed E-state index contributed by atoms with van der Waals surface area (Å²) in [6.45, 7) is 2.30. The fourth-order valence-corrected chi connectivity index (χ4v) is 0.595. The second kappa shape index (κ2) is 2.35. The third kappa shape index (κ3) is 1.32. The zero-order valence-corrected chi connectivity index (χ0v) is 5.05. The van der Waals surface area contributed by atoms with Crippen molar-refractivity contribution in [2.24, 2.45) is 0 Å². The van der Waals surface area contributed by atoms with Crippen LogP contribution in [0.25, 0.3) is 0 Å². The van der Waals surface area contributed by atoms with Crippen LogP contribution in [0.5, 0.6) is 5.88 Å². The molecular weight excluding hydrogens is 118 g/mol. The van der Waals surface area contributed by atoms with Gasteiger partial charge in [-0.15, -0.1) is 0 Å². The van der Waals surface area contributed by atoms with Gasteiger partial charge in [-0.05, 0) is 12.5 Å². The van der Waals surface area contributed by atoms with E-state index < -0.39 is 0 Å². The first-order valence-corrected chi connectivity index (χ1v) is 2.58. The molecule has 1 aromatic rings. The van der Waals surface area contributed by atoms with Crippen LogP contribution in [0.15, 0.2) is 12.3 Å². The van der Waals surface area contributed by atoms with Gasteiger partial charge in [-0.1, -0.05) is 0 Å². The fourth-order valence-electron chi connectivity index (χ4n) is 0.595. The molecule has 1 heterocycles. The van der Waals surface area contributed by atoms with E-state index in [4.69, 9.17) is 0 Å². The second-order valence-electron chi connectivity index (χ2n) is 1.76. The molecule has 0 fully saturated rings. The van der Waals surface area contributed by atoms with Crippen molar-refractivity contribution in [2.45, 2.75) is 6.92 Å². The van der Waals surface area contributed by atoms with Gasteiger partial charge in [0.15, 0.2) is 0 Å². The van der Waals surface area contributed by atoms with Crippen LogP contribution in [0.4, 0.5) is 0 Å². The summed E-state index contributed by atoms with van der Waals surface area (Å²) in [4.78, 5) is 12.5. The highest BCUT2D eigenvalue weighted by molar-refractivity contribution is 5.43. The van der Waals surface area contributed by atoms with Crippen LogP contribution in [0, 0.1) is 6.92 Å². The molecule has 0 aromatic carbocycles. The van der Waals surface area contributed by atoms with Gasteiger partial charge in [0.25, 0.3) is 6.47 Å². The number of nitrogens with one attached hydrogen (secondary N) is 1. The molecule has 0 radical (unpaired) electrons. The van der Waals surface area contributed by atoms with Crippen molar-refractivity contribution in [2.75, 3.05) is 0 Å². The number of aromatic amines is 1. The minimum atomic E-state index is 0.394. The lowest BCUT2D eigenvalue weighted by Gasteiger charge is -1.86. The molecular formula is C6H7NO2. The molecule has 0 unspecified atom stereocenters. The Morgan fingerprint density at radius 1 is 1.78 bits per heavy atom. The molecule has 0 spiro atoms. The first kappa shape index (κ1) is 5.88. The summed E-state index contributed by atoms with van der Waals surface area (Å²) in [7, 11) is 0. The maximum atomic E-state index is 9.74. The van der Waals surface area contributed by atoms with Gasteiger partial charge < -0.3 is 9.72 Å². The van der Waals surface area contributed by atoms with Crippen molar-refractivity contribution in [3.05, 3.63) is 17.8 Å². The summed E-state index contributed by atoms with van der Waals surface area (Å²) < 4.78 is 4.49. The molecule has 1 rings (SSSR count). The van der Waals surface area contributed by atoms with Crippen LogP contribution < -0.4 is 4.74 Å². The Bertz CT molecular complexity index is 205. The van der Waals surface area contributed by atoms with Crippen molar-refractivity contribution in [1.29, 1.82) is 0 Å². The van der Waals surface area contributed by atoms with Crippen molar-refractivity contribution >= 4 is 6.47 Å². The molecule has 0 atom stereocenters. The van der Waals surface area contributed by atoms with Crippen LogP contribution in [0.3, 0.4) is 0 Å². The second-order valence-corrected chi connectivity index (χ2v) is 1.76. The molecule has 0 aliphatic rings. The van der Waals surface area contributed by atoms with E-state index >= 15 is 0 Å². The van der Waals surface area contributed by atoms with E-state index in [0.717, 1.165) is 5.56 Å². The normalized spacial score (nSPS) is 9.00. The highest BCUT2D eigenvalue weighted by atomic mass is 16.5. The number of rotatable bonds is 2. The lowest BCUT2D eigenvalue weighted by atomic mass is 10.4. The maximum absolute atomic E-state index is 9.74. The van der Waals surface area contributed by atoms with Crippen LogP contribution in [-0.4, -0.2) is 11.5 Å². The number of ether oxygens (including phenoxy) is 1. The molecule has 0 aliphatic heterocycles. The van der Waals surface area contributed by atoms with Gasteiger partial charge in [0.05, 0.1) is 0 Å². The first-order chi connectivity index (χ1) is 4.33. The lowest BCUT2D eigenvalue weighted by molar-refractivity contribution is -0.120. The molecule has 9 heavy (non-hydrogen) atoms. The zero-order valence-electron chi connectivity index (χ0n) is 5.05. The third-order valence-corrected chi connectivity index (χ3v) is 0.976. The summed E-state index contributed by atoms with van der Waals surface area (Å²) in [5.41, 5.74) is 1.05. The van der Waals surface area contributed by atoms with Crippen molar-refractivity contribution in [1.82, 2.24) is 4.98 Å². The van der Waals surface area contributed by atoms with Crippen LogP contribution in [0.2, 0.25) is 0 Å². The summed E-state index contributed by atoms with van der Waals surface area (Å²) in [6.07, 6.45) is 1.76. The minimum Gasteiger partial charge on any atom is -0.412 e. The predicted molar refractivity (Wildman–Crippen MR) is 32.2 cm³/mol. The molecule has 0 saturated carbocycles. The van der Waals surface area contributed by atoms with Crippen molar-refractivity contribution in [3.8, 4) is 5.88 Å². The largest absolute Gasteiger partial charge is 0.412 e. The Morgan fingerprint density at radius 3 is 3.00 bits per heavy atom. The number of H-pyrrole nitrogens is 1. The summed E-state index contributed by atoms with van der Waals surface area (Å²) in [5.74, 6) is 0.488. The predicted octanol–water partition coefficient (Wildman–Crippen LogP) is 0.858. The van der Waals surface area contributed by atoms with Crippen molar-refractivity contribution in [3.63, 3.8) is 0 Å². The molecule has 1 N–H and O–H groups in total. The van der Waals surface area contributed by atoms with Gasteiger partial charge in [0, 0.05) is 12.3 Å². The molecule has 0 bridgehead atoms. The number of carbonyl (C=O) groups excluding carboxylic acids is 1. The van der Waals surface area contributed by atoms with E-state index in [-0.39, 0.29) is 0 Å². The molecule has 3 heteroatoms. The number of carbonyl (C=O) groups is 1. The number of hydrogen-bond donors (Lipinski definition) is 1. The highest BCUT2D eigenvalue weighted by Gasteiger charge is 1.91. The average Bonchev–Trinajstić information content (AvgIpc) is 2.17. The Balaban J connectivity index is 2.72. The van der Waals surface area contributed by atoms with Crippen LogP contribution >= 0.6 is 0 Å². The third-order valence-electron chi connectivity index (χ3n) is 0.976. The molecule has 48 valence electrons. The van der Waals surface area contributed by atoms with E-state index in [1.807, 2.05) is 6.92 Å². The molecule has 3 nitrogen and oxygen atoms in total. The number of aromatic nitrogens is 1. The lowest BCUT2D eigenvalue weighted by Crippen LogP contribution is -1.86. The average molecular weight is 125 g/mol. The highest BCUT2D eigenvalue weighted by Crippen LogP contribution is 2.07. The van der Waals surface area contributed by atoms with E-state index in [1.54, 1.807) is 12.3 Å². The monoisotopic (exact) mass is 125 g/mol. The first-order valence-electron chi connectivity index (χ1n) is 2.58. The standard InChI is InChI=1S/C6H7NO2/c1-5-2-6(7-3-5)9-4-8/h2-4,7H,1H3.